The molecule has 1 N–H and O–H groups in total. The van der Waals surface area contributed by atoms with E-state index >= 15 is 0 Å². The lowest BCUT2D eigenvalue weighted by molar-refractivity contribution is -0.123. The number of halogens is 1. The van der Waals surface area contributed by atoms with Gasteiger partial charge in [0.05, 0.1) is 6.21 Å². The van der Waals surface area contributed by atoms with Gasteiger partial charge in [0.2, 0.25) is 0 Å². The van der Waals surface area contributed by atoms with Crippen molar-refractivity contribution < 1.29 is 9.53 Å². The van der Waals surface area contributed by atoms with E-state index in [-0.39, 0.29) is 12.5 Å². The molecule has 2 rings (SSSR count). The average Bonchev–Trinajstić information content (AvgIpc) is 2.62. The third-order valence-electron chi connectivity index (χ3n) is 3.59. The highest BCUT2D eigenvalue weighted by Gasteiger charge is 2.02. The summed E-state index contributed by atoms with van der Waals surface area (Å²) in [6, 6.07) is 14.9. The number of nitrogens with zero attached hydrogens (tertiary/aromatic N) is 2. The van der Waals surface area contributed by atoms with Gasteiger partial charge in [0, 0.05) is 23.8 Å². The zero-order chi connectivity index (χ0) is 18.1. The van der Waals surface area contributed by atoms with Crippen LogP contribution in [0, 0.1) is 0 Å². The molecule has 0 spiro atoms. The Balaban J connectivity index is 1.80. The lowest BCUT2D eigenvalue weighted by Gasteiger charge is -2.20. The first-order valence-electron chi connectivity index (χ1n) is 8.17. The summed E-state index contributed by atoms with van der Waals surface area (Å²) in [4.78, 5) is 14.0. The van der Waals surface area contributed by atoms with Gasteiger partial charge in [-0.15, -0.1) is 0 Å². The summed E-state index contributed by atoms with van der Waals surface area (Å²) in [6.45, 7) is 6.05. The average molecular weight is 360 g/mol. The zero-order valence-electron chi connectivity index (χ0n) is 14.4. The first-order chi connectivity index (χ1) is 12.1. The van der Waals surface area contributed by atoms with Crippen LogP contribution in [0.3, 0.4) is 0 Å². The van der Waals surface area contributed by atoms with Crippen LogP contribution in [0.2, 0.25) is 5.02 Å². The van der Waals surface area contributed by atoms with Crippen molar-refractivity contribution >= 4 is 29.4 Å². The molecular weight excluding hydrogens is 338 g/mol. The molecule has 25 heavy (non-hydrogen) atoms. The molecule has 0 saturated heterocycles. The molecule has 0 aromatic heterocycles. The standard InChI is InChI=1S/C19H22ClN3O2/c1-3-23(4-2)17-10-8-15(9-11-17)13-21-22-19(24)14-25-18-7-5-6-16(20)12-18/h5-13H,3-4,14H2,1-2H3,(H,22,24)/b21-13-. The number of anilines is 1. The number of carbonyl (C=O) groups excluding carboxylic acids is 1. The van der Waals surface area contributed by atoms with Crippen molar-refractivity contribution in [3.05, 3.63) is 59.1 Å². The molecule has 2 aromatic carbocycles. The van der Waals surface area contributed by atoms with Crippen LogP contribution in [0.1, 0.15) is 19.4 Å². The third kappa shape index (κ3) is 6.12. The molecule has 0 saturated carbocycles. The van der Waals surface area contributed by atoms with Gasteiger partial charge in [-0.05, 0) is 49.7 Å². The summed E-state index contributed by atoms with van der Waals surface area (Å²) in [5.74, 6) is 0.203. The SMILES string of the molecule is CCN(CC)c1ccc(/C=N\NC(=O)COc2cccc(Cl)c2)cc1. The van der Waals surface area contributed by atoms with E-state index < -0.39 is 0 Å². The van der Waals surface area contributed by atoms with Crippen LogP contribution in [-0.2, 0) is 4.79 Å². The molecule has 0 fully saturated rings. The molecule has 2 aromatic rings. The van der Waals surface area contributed by atoms with Crippen molar-refractivity contribution in [3.8, 4) is 5.75 Å². The quantitative estimate of drug-likeness (QED) is 0.577. The summed E-state index contributed by atoms with van der Waals surface area (Å²) in [5.41, 5.74) is 4.51. The van der Waals surface area contributed by atoms with E-state index in [2.05, 4.69) is 29.3 Å². The molecule has 0 heterocycles. The summed E-state index contributed by atoms with van der Waals surface area (Å²) in [7, 11) is 0. The third-order valence-corrected chi connectivity index (χ3v) is 3.83. The molecular formula is C19H22ClN3O2. The van der Waals surface area contributed by atoms with Crippen molar-refractivity contribution in [2.45, 2.75) is 13.8 Å². The van der Waals surface area contributed by atoms with Crippen LogP contribution < -0.4 is 15.1 Å². The van der Waals surface area contributed by atoms with E-state index in [1.54, 1.807) is 30.5 Å². The van der Waals surface area contributed by atoms with Gasteiger partial charge in [-0.2, -0.15) is 5.10 Å². The maximum Gasteiger partial charge on any atom is 0.277 e. The Bertz CT molecular complexity index is 713. The van der Waals surface area contributed by atoms with Gasteiger partial charge < -0.3 is 9.64 Å². The minimum atomic E-state index is -0.337. The fourth-order valence-corrected chi connectivity index (χ4v) is 2.46. The van der Waals surface area contributed by atoms with Crippen LogP contribution in [0.4, 0.5) is 5.69 Å². The number of hydrazone groups is 1. The predicted molar refractivity (Wildman–Crippen MR) is 103 cm³/mol. The monoisotopic (exact) mass is 359 g/mol. The van der Waals surface area contributed by atoms with Crippen LogP contribution in [0.15, 0.2) is 53.6 Å². The van der Waals surface area contributed by atoms with Crippen molar-refractivity contribution in [3.63, 3.8) is 0 Å². The van der Waals surface area contributed by atoms with Gasteiger partial charge in [0.1, 0.15) is 5.75 Å². The molecule has 0 aliphatic carbocycles. The Morgan fingerprint density at radius 3 is 2.56 bits per heavy atom. The molecule has 1 amide bonds. The number of benzene rings is 2. The lowest BCUT2D eigenvalue weighted by Crippen LogP contribution is -2.24. The minimum absolute atomic E-state index is 0.126. The molecule has 132 valence electrons. The largest absolute Gasteiger partial charge is 0.484 e. The Kier molecular flexibility index (Phi) is 7.29. The number of ether oxygens (including phenoxy) is 1. The van der Waals surface area contributed by atoms with Gasteiger partial charge in [0.25, 0.3) is 5.91 Å². The Labute approximate surface area is 153 Å². The number of rotatable bonds is 8. The number of hydrogen-bond acceptors (Lipinski definition) is 4. The second-order valence-corrected chi connectivity index (χ2v) is 5.74. The first-order valence-corrected chi connectivity index (χ1v) is 8.55. The minimum Gasteiger partial charge on any atom is -0.484 e. The first kappa shape index (κ1) is 18.8. The molecule has 0 unspecified atom stereocenters. The van der Waals surface area contributed by atoms with Crippen molar-refractivity contribution in [2.24, 2.45) is 5.10 Å². The van der Waals surface area contributed by atoms with Crippen LogP contribution in [-0.4, -0.2) is 31.8 Å². The van der Waals surface area contributed by atoms with Crippen molar-refractivity contribution in [1.82, 2.24) is 5.43 Å². The molecule has 0 bridgehead atoms. The summed E-state index contributed by atoms with van der Waals surface area (Å²) >= 11 is 5.85. The number of amides is 1. The van der Waals surface area contributed by atoms with E-state index in [0.717, 1.165) is 18.7 Å². The Hall–Kier alpha value is -2.53. The molecule has 0 aliphatic heterocycles. The van der Waals surface area contributed by atoms with E-state index in [1.165, 1.54) is 5.69 Å². The lowest BCUT2D eigenvalue weighted by atomic mass is 10.2. The van der Waals surface area contributed by atoms with Gasteiger partial charge in [-0.1, -0.05) is 29.8 Å². The number of hydrogen-bond donors (Lipinski definition) is 1. The number of nitrogens with one attached hydrogen (secondary N) is 1. The van der Waals surface area contributed by atoms with E-state index in [4.69, 9.17) is 16.3 Å². The van der Waals surface area contributed by atoms with Crippen molar-refractivity contribution in [2.75, 3.05) is 24.6 Å². The van der Waals surface area contributed by atoms with Gasteiger partial charge in [0.15, 0.2) is 6.61 Å². The van der Waals surface area contributed by atoms with Gasteiger partial charge in [-0.3, -0.25) is 4.79 Å². The van der Waals surface area contributed by atoms with E-state index in [0.29, 0.717) is 10.8 Å². The van der Waals surface area contributed by atoms with Crippen molar-refractivity contribution in [1.29, 1.82) is 0 Å². The predicted octanol–water partition coefficient (Wildman–Crippen LogP) is 3.72. The Morgan fingerprint density at radius 2 is 1.92 bits per heavy atom. The van der Waals surface area contributed by atoms with Gasteiger partial charge >= 0.3 is 0 Å². The molecule has 0 radical (unpaired) electrons. The Morgan fingerprint density at radius 1 is 1.20 bits per heavy atom. The second kappa shape index (κ2) is 9.69. The fraction of sp³-hybridized carbons (Fsp3) is 0.263. The molecule has 0 atom stereocenters. The smallest absolute Gasteiger partial charge is 0.277 e. The van der Waals surface area contributed by atoms with Crippen LogP contribution in [0.25, 0.3) is 0 Å². The molecule has 0 aliphatic rings. The zero-order valence-corrected chi connectivity index (χ0v) is 15.2. The van der Waals surface area contributed by atoms with E-state index in [1.807, 2.05) is 24.3 Å². The van der Waals surface area contributed by atoms with Crippen LogP contribution in [0.5, 0.6) is 5.75 Å². The highest BCUT2D eigenvalue weighted by molar-refractivity contribution is 6.30. The molecule has 5 nitrogen and oxygen atoms in total. The highest BCUT2D eigenvalue weighted by atomic mass is 35.5. The maximum atomic E-state index is 11.7. The van der Waals surface area contributed by atoms with E-state index in [9.17, 15) is 4.79 Å². The summed E-state index contributed by atoms with van der Waals surface area (Å²) in [5, 5.41) is 4.50. The van der Waals surface area contributed by atoms with Gasteiger partial charge in [-0.25, -0.2) is 5.43 Å². The summed E-state index contributed by atoms with van der Waals surface area (Å²) < 4.78 is 5.34. The molecule has 6 heteroatoms. The fourth-order valence-electron chi connectivity index (χ4n) is 2.28. The van der Waals surface area contributed by atoms with Crippen LogP contribution >= 0.6 is 11.6 Å². The summed E-state index contributed by atoms with van der Waals surface area (Å²) in [6.07, 6.45) is 1.60. The second-order valence-electron chi connectivity index (χ2n) is 5.30. The topological polar surface area (TPSA) is 53.9 Å². The highest BCUT2D eigenvalue weighted by Crippen LogP contribution is 2.17. The normalized spacial score (nSPS) is 10.7. The maximum absolute atomic E-state index is 11.7. The number of carbonyl (C=O) groups is 1.